The first-order valence-corrected chi connectivity index (χ1v) is 11.9. The average molecular weight is 678 g/mol. The van der Waals surface area contributed by atoms with E-state index in [1.807, 2.05) is 0 Å². The summed E-state index contributed by atoms with van der Waals surface area (Å²) in [6, 6.07) is 4.14. The summed E-state index contributed by atoms with van der Waals surface area (Å²) in [7, 11) is 0.930. The first-order chi connectivity index (χ1) is 21.0. The largest absolute Gasteiger partial charge is 0.507 e. The fourth-order valence-electron chi connectivity index (χ4n) is 3.93. The van der Waals surface area contributed by atoms with Gasteiger partial charge in [-0.25, -0.2) is 4.39 Å². The Morgan fingerprint density at radius 2 is 1.41 bits per heavy atom. The lowest BCUT2D eigenvalue weighted by Crippen LogP contribution is -2.50. The molecule has 0 unspecified atom stereocenters. The van der Waals surface area contributed by atoms with Gasteiger partial charge in [-0.1, -0.05) is 6.07 Å². The van der Waals surface area contributed by atoms with Crippen LogP contribution >= 0.6 is 0 Å². The zero-order valence-electron chi connectivity index (χ0n) is 22.3. The highest BCUT2D eigenvalue weighted by molar-refractivity contribution is 6.11. The van der Waals surface area contributed by atoms with Crippen molar-refractivity contribution in [1.82, 2.24) is 0 Å². The van der Waals surface area contributed by atoms with Gasteiger partial charge in [-0.3, -0.25) is 9.59 Å². The van der Waals surface area contributed by atoms with Crippen molar-refractivity contribution in [2.45, 2.75) is 30.7 Å². The summed E-state index contributed by atoms with van der Waals surface area (Å²) >= 11 is 0. The molecule has 5 N–H and O–H groups in total. The summed E-state index contributed by atoms with van der Waals surface area (Å²) in [5.74, 6) is -7.76. The normalized spacial score (nSPS) is 12.6. The molecule has 0 radical (unpaired) electrons. The molecule has 0 saturated carbocycles. The molecule has 0 heterocycles. The molecular weight excluding hydrogens is 661 g/mol. The summed E-state index contributed by atoms with van der Waals surface area (Å²) in [5.41, 5.74) is -12.9. The van der Waals surface area contributed by atoms with Crippen molar-refractivity contribution in [3.05, 3.63) is 70.8 Å². The number of aromatic hydroxyl groups is 2. The van der Waals surface area contributed by atoms with Gasteiger partial charge in [-0.2, -0.15) is 43.9 Å². The van der Waals surface area contributed by atoms with Crippen LogP contribution < -0.4 is 20.1 Å². The quantitative estimate of drug-likeness (QED) is 0.128. The van der Waals surface area contributed by atoms with Crippen LogP contribution in [-0.4, -0.2) is 53.2 Å². The maximum absolute atomic E-state index is 14.6. The molecular formula is C26H17F11N2O7. The average Bonchev–Trinajstić information content (AvgIpc) is 2.92. The van der Waals surface area contributed by atoms with Gasteiger partial charge in [0.25, 0.3) is 11.8 Å². The number of hydrogen-bond donors (Lipinski definition) is 5. The summed E-state index contributed by atoms with van der Waals surface area (Å²) < 4.78 is 156. The predicted octanol–water partition coefficient (Wildman–Crippen LogP) is 6.54. The number of ether oxygens (including phenoxy) is 2. The maximum atomic E-state index is 14.6. The molecule has 250 valence electrons. The van der Waals surface area contributed by atoms with Crippen molar-refractivity contribution >= 4 is 23.2 Å². The van der Waals surface area contributed by atoms with Crippen LogP contribution in [0.25, 0.3) is 0 Å². The standard InChI is InChI=1S/C26H17F11N2O7/c1-45-19-12(3-2-4-14(19)38-20(42)10-5-6-15(40)13(7-10)24(30,31)44)21(43)39-18-16(41)8-11(9-17(18)46-22(27)28)23(29,25(32,33)34)26(35,36)37/h2-9,22,40-41,44H,1H3,(H,38,42)(H,39,43). The lowest BCUT2D eigenvalue weighted by molar-refractivity contribution is -0.348. The minimum atomic E-state index is -6.70. The van der Waals surface area contributed by atoms with Crippen molar-refractivity contribution in [2.24, 2.45) is 0 Å². The van der Waals surface area contributed by atoms with Gasteiger partial charge < -0.3 is 35.4 Å². The van der Waals surface area contributed by atoms with Gasteiger partial charge in [0.05, 0.1) is 23.9 Å². The van der Waals surface area contributed by atoms with Gasteiger partial charge in [0, 0.05) is 11.1 Å². The Kier molecular flexibility index (Phi) is 9.57. The van der Waals surface area contributed by atoms with Crippen LogP contribution in [0.5, 0.6) is 23.0 Å². The number of anilines is 2. The van der Waals surface area contributed by atoms with Gasteiger partial charge in [0.2, 0.25) is 0 Å². The molecule has 3 aromatic rings. The topological polar surface area (TPSA) is 137 Å². The second-order valence-electron chi connectivity index (χ2n) is 8.97. The van der Waals surface area contributed by atoms with E-state index in [-0.39, 0.29) is 5.69 Å². The highest BCUT2D eigenvalue weighted by Gasteiger charge is 2.73. The van der Waals surface area contributed by atoms with E-state index in [0.717, 1.165) is 31.4 Å². The summed E-state index contributed by atoms with van der Waals surface area (Å²) in [4.78, 5) is 25.8. The maximum Gasteiger partial charge on any atom is 0.435 e. The fourth-order valence-corrected chi connectivity index (χ4v) is 3.93. The molecule has 0 fully saturated rings. The molecule has 0 aliphatic rings. The Hall–Kier alpha value is -5.01. The Balaban J connectivity index is 2.04. The Morgan fingerprint density at radius 3 is 1.93 bits per heavy atom. The number of rotatable bonds is 9. The van der Waals surface area contributed by atoms with Gasteiger partial charge >= 0.3 is 30.7 Å². The van der Waals surface area contributed by atoms with Crippen molar-refractivity contribution in [3.63, 3.8) is 0 Å². The number of carbonyl (C=O) groups excluding carboxylic acids is 2. The minimum Gasteiger partial charge on any atom is -0.507 e. The van der Waals surface area contributed by atoms with E-state index in [4.69, 9.17) is 9.84 Å². The Bertz CT molecular complexity index is 1620. The van der Waals surface area contributed by atoms with Crippen LogP contribution in [0.2, 0.25) is 0 Å². The second kappa shape index (κ2) is 12.4. The Morgan fingerprint density at radius 1 is 0.804 bits per heavy atom. The van der Waals surface area contributed by atoms with E-state index in [2.05, 4.69) is 10.1 Å². The molecule has 3 rings (SSSR count). The van der Waals surface area contributed by atoms with E-state index in [9.17, 15) is 68.1 Å². The van der Waals surface area contributed by atoms with E-state index in [1.54, 1.807) is 5.32 Å². The molecule has 9 nitrogen and oxygen atoms in total. The molecule has 46 heavy (non-hydrogen) atoms. The second-order valence-corrected chi connectivity index (χ2v) is 8.97. The van der Waals surface area contributed by atoms with E-state index < -0.39 is 106 Å². The molecule has 0 aliphatic heterocycles. The monoisotopic (exact) mass is 678 g/mol. The van der Waals surface area contributed by atoms with Crippen LogP contribution in [0, 0.1) is 0 Å². The third kappa shape index (κ3) is 6.95. The summed E-state index contributed by atoms with van der Waals surface area (Å²) in [6.07, 6.45) is -18.0. The van der Waals surface area contributed by atoms with Gasteiger partial charge in [-0.05, 0) is 42.5 Å². The molecule has 0 bridgehead atoms. The minimum absolute atomic E-state index is 0.383. The number of amides is 2. The van der Waals surface area contributed by atoms with Crippen LogP contribution in [0.1, 0.15) is 31.8 Å². The summed E-state index contributed by atoms with van der Waals surface area (Å²) in [5, 5.41) is 32.5. The molecule has 0 saturated heterocycles. The number of phenolic OH excluding ortho intramolecular Hbond substituents is 2. The number of nitrogens with one attached hydrogen (secondary N) is 2. The zero-order chi connectivity index (χ0) is 35.0. The molecule has 3 aromatic carbocycles. The molecule has 20 heteroatoms. The number of hydrogen-bond acceptors (Lipinski definition) is 7. The summed E-state index contributed by atoms with van der Waals surface area (Å²) in [6.45, 7) is -3.98. The fraction of sp³-hybridized carbons (Fsp3) is 0.231. The van der Waals surface area contributed by atoms with Crippen molar-refractivity contribution < 1.29 is 82.7 Å². The third-order valence-electron chi connectivity index (χ3n) is 6.01. The lowest BCUT2D eigenvalue weighted by Gasteiger charge is -2.31. The number of aliphatic hydroxyl groups is 1. The number of methoxy groups -OCH3 is 1. The van der Waals surface area contributed by atoms with Crippen LogP contribution in [0.15, 0.2) is 48.5 Å². The smallest absolute Gasteiger partial charge is 0.435 e. The lowest BCUT2D eigenvalue weighted by atomic mass is 9.93. The SMILES string of the molecule is COc1c(NC(=O)c2ccc(O)c(C(O)(F)F)c2)cccc1C(=O)Nc1c(O)cc(C(F)(C(F)(F)F)C(F)(F)F)cc1OC(F)F. The van der Waals surface area contributed by atoms with Crippen molar-refractivity contribution in [2.75, 3.05) is 17.7 Å². The molecule has 0 atom stereocenters. The number of halogens is 11. The number of benzene rings is 3. The van der Waals surface area contributed by atoms with E-state index in [0.29, 0.717) is 12.1 Å². The van der Waals surface area contributed by atoms with Crippen molar-refractivity contribution in [1.29, 1.82) is 0 Å². The zero-order valence-corrected chi connectivity index (χ0v) is 22.3. The first-order valence-electron chi connectivity index (χ1n) is 11.9. The molecule has 0 aromatic heterocycles. The van der Waals surface area contributed by atoms with Crippen LogP contribution in [-0.2, 0) is 11.8 Å². The van der Waals surface area contributed by atoms with Crippen molar-refractivity contribution in [3.8, 4) is 23.0 Å². The van der Waals surface area contributed by atoms with Gasteiger partial charge in [0.15, 0.2) is 11.5 Å². The molecule has 0 spiro atoms. The molecule has 2 amide bonds. The highest BCUT2D eigenvalue weighted by Crippen LogP contribution is 2.55. The number of alkyl halides is 11. The van der Waals surface area contributed by atoms with Crippen LogP contribution in [0.4, 0.5) is 59.7 Å². The van der Waals surface area contributed by atoms with Gasteiger partial charge in [0.1, 0.15) is 17.2 Å². The predicted molar refractivity (Wildman–Crippen MR) is 133 cm³/mol. The third-order valence-corrected chi connectivity index (χ3v) is 6.01. The Labute approximate surface area is 248 Å². The number of para-hydroxylation sites is 1. The van der Waals surface area contributed by atoms with Crippen LogP contribution in [0.3, 0.4) is 0 Å². The first kappa shape index (κ1) is 35.5. The number of phenols is 2. The number of carbonyl (C=O) groups is 2. The van der Waals surface area contributed by atoms with E-state index in [1.165, 1.54) is 0 Å². The van der Waals surface area contributed by atoms with E-state index >= 15 is 0 Å². The van der Waals surface area contributed by atoms with Gasteiger partial charge in [-0.15, -0.1) is 0 Å². The highest BCUT2D eigenvalue weighted by atomic mass is 19.4. The molecule has 0 aliphatic carbocycles.